The zero-order valence-corrected chi connectivity index (χ0v) is 10.2. The summed E-state index contributed by atoms with van der Waals surface area (Å²) in [7, 11) is 0. The van der Waals surface area contributed by atoms with Crippen LogP contribution in [0.15, 0.2) is 18.2 Å². The number of nitrogens with zero attached hydrogens (tertiary/aromatic N) is 1. The van der Waals surface area contributed by atoms with Crippen LogP contribution < -0.4 is 0 Å². The van der Waals surface area contributed by atoms with Crippen molar-refractivity contribution in [3.8, 4) is 0 Å². The first-order chi connectivity index (χ1) is 8.30. The van der Waals surface area contributed by atoms with Crippen molar-refractivity contribution in [3.63, 3.8) is 0 Å². The molecule has 0 unspecified atom stereocenters. The van der Waals surface area contributed by atoms with E-state index in [4.69, 9.17) is 0 Å². The summed E-state index contributed by atoms with van der Waals surface area (Å²) < 4.78 is 38.9. The van der Waals surface area contributed by atoms with Crippen LogP contribution in [-0.4, -0.2) is 29.8 Å². The molecule has 18 heavy (non-hydrogen) atoms. The fraction of sp³-hybridized carbons (Fsp3) is 0.462. The van der Waals surface area contributed by atoms with E-state index in [1.807, 2.05) is 13.8 Å². The Bertz CT molecular complexity index is 477. The van der Waals surface area contributed by atoms with Crippen LogP contribution in [0.2, 0.25) is 0 Å². The molecule has 1 saturated heterocycles. The van der Waals surface area contributed by atoms with E-state index in [0.717, 1.165) is 10.5 Å². The predicted molar refractivity (Wildman–Crippen MR) is 61.3 cm³/mol. The van der Waals surface area contributed by atoms with Crippen LogP contribution >= 0.6 is 0 Å². The molecule has 0 radical (unpaired) electrons. The van der Waals surface area contributed by atoms with Gasteiger partial charge in [-0.15, -0.1) is 0 Å². The van der Waals surface area contributed by atoms with Crippen molar-refractivity contribution in [2.45, 2.75) is 25.7 Å². The zero-order valence-electron chi connectivity index (χ0n) is 10.2. The average molecular weight is 257 g/mol. The molecule has 1 aromatic rings. The quantitative estimate of drug-likeness (QED) is 0.797. The van der Waals surface area contributed by atoms with Crippen molar-refractivity contribution in [3.05, 3.63) is 35.1 Å². The normalized spacial score (nSPS) is 17.8. The van der Waals surface area contributed by atoms with Gasteiger partial charge < -0.3 is 4.90 Å². The summed E-state index contributed by atoms with van der Waals surface area (Å²) in [6, 6.07) is 4.25. The molecule has 98 valence electrons. The Morgan fingerprint density at radius 1 is 1.33 bits per heavy atom. The van der Waals surface area contributed by atoms with Gasteiger partial charge in [0.2, 0.25) is 0 Å². The number of hydrogen-bond donors (Lipinski definition) is 0. The summed E-state index contributed by atoms with van der Waals surface area (Å²) in [6.07, 6.45) is 0. The molecule has 0 aliphatic carbocycles. The molecule has 0 bridgehead atoms. The highest BCUT2D eigenvalue weighted by Gasteiger charge is 2.46. The van der Waals surface area contributed by atoms with E-state index in [9.17, 15) is 18.0 Å². The Hall–Kier alpha value is -1.52. The smallest absolute Gasteiger partial charge is 0.282 e. The molecule has 0 atom stereocenters. The number of alkyl halides is 2. The van der Waals surface area contributed by atoms with Crippen LogP contribution in [0.25, 0.3) is 0 Å². The molecule has 1 aromatic carbocycles. The SMILES string of the molecule is CC(C)c1ccc(F)c(C(=O)N2CC(F)(F)C2)c1. The minimum Gasteiger partial charge on any atom is -0.326 e. The van der Waals surface area contributed by atoms with Crippen molar-refractivity contribution in [1.29, 1.82) is 0 Å². The van der Waals surface area contributed by atoms with Crippen LogP contribution in [0.3, 0.4) is 0 Å². The molecule has 1 fully saturated rings. The van der Waals surface area contributed by atoms with Gasteiger partial charge >= 0.3 is 0 Å². The second kappa shape index (κ2) is 4.30. The van der Waals surface area contributed by atoms with Gasteiger partial charge in [-0.2, -0.15) is 0 Å². The lowest BCUT2D eigenvalue weighted by Crippen LogP contribution is -2.58. The molecule has 0 N–H and O–H groups in total. The number of carbonyl (C=O) groups is 1. The third-order valence-corrected chi connectivity index (χ3v) is 3.02. The summed E-state index contributed by atoms with van der Waals surface area (Å²) >= 11 is 0. The van der Waals surface area contributed by atoms with Crippen LogP contribution in [0, 0.1) is 5.82 Å². The topological polar surface area (TPSA) is 20.3 Å². The van der Waals surface area contributed by atoms with Crippen LogP contribution in [-0.2, 0) is 0 Å². The number of halogens is 3. The van der Waals surface area contributed by atoms with Gasteiger partial charge in [0, 0.05) is 0 Å². The number of hydrogen-bond acceptors (Lipinski definition) is 1. The van der Waals surface area contributed by atoms with Gasteiger partial charge in [-0.05, 0) is 23.6 Å². The number of likely N-dealkylation sites (tertiary alicyclic amines) is 1. The van der Waals surface area contributed by atoms with Gasteiger partial charge in [-0.1, -0.05) is 19.9 Å². The van der Waals surface area contributed by atoms with Crippen molar-refractivity contribution in [1.82, 2.24) is 4.90 Å². The van der Waals surface area contributed by atoms with Gasteiger partial charge in [-0.25, -0.2) is 13.2 Å². The molecule has 2 nitrogen and oxygen atoms in total. The monoisotopic (exact) mass is 257 g/mol. The molecule has 0 saturated carbocycles. The van der Waals surface area contributed by atoms with Crippen LogP contribution in [0.4, 0.5) is 13.2 Å². The van der Waals surface area contributed by atoms with Gasteiger partial charge in [0.15, 0.2) is 0 Å². The molecule has 1 aliphatic heterocycles. The van der Waals surface area contributed by atoms with Gasteiger partial charge in [0.25, 0.3) is 11.8 Å². The van der Waals surface area contributed by atoms with Crippen molar-refractivity contribution in [2.75, 3.05) is 13.1 Å². The maximum Gasteiger partial charge on any atom is 0.282 e. The van der Waals surface area contributed by atoms with Gasteiger partial charge in [0.1, 0.15) is 5.82 Å². The van der Waals surface area contributed by atoms with Crippen LogP contribution in [0.5, 0.6) is 0 Å². The average Bonchev–Trinajstić information content (AvgIpc) is 2.25. The van der Waals surface area contributed by atoms with E-state index in [0.29, 0.717) is 0 Å². The zero-order chi connectivity index (χ0) is 13.5. The molecule has 0 aromatic heterocycles. The highest BCUT2D eigenvalue weighted by molar-refractivity contribution is 5.95. The minimum absolute atomic E-state index is 0.128. The van der Waals surface area contributed by atoms with E-state index in [1.54, 1.807) is 6.07 Å². The molecular formula is C13H14F3NO. The number of carbonyl (C=O) groups excluding carboxylic acids is 1. The Morgan fingerprint density at radius 2 is 1.94 bits per heavy atom. The van der Waals surface area contributed by atoms with E-state index >= 15 is 0 Å². The molecule has 0 spiro atoms. The summed E-state index contributed by atoms with van der Waals surface area (Å²) in [5.74, 6) is -4.02. The standard InChI is InChI=1S/C13H14F3NO/c1-8(2)9-3-4-11(14)10(5-9)12(18)17-6-13(15,16)7-17/h3-5,8H,6-7H2,1-2H3. The minimum atomic E-state index is -2.83. The lowest BCUT2D eigenvalue weighted by atomic mass is 9.99. The molecule has 1 amide bonds. The first-order valence-corrected chi connectivity index (χ1v) is 5.77. The number of benzene rings is 1. The van der Waals surface area contributed by atoms with E-state index in [2.05, 4.69) is 0 Å². The maximum atomic E-state index is 13.6. The molecule has 1 aliphatic rings. The highest BCUT2D eigenvalue weighted by Crippen LogP contribution is 2.29. The third-order valence-electron chi connectivity index (χ3n) is 3.02. The Labute approximate surface area is 103 Å². The Morgan fingerprint density at radius 3 is 2.44 bits per heavy atom. The second-order valence-corrected chi connectivity index (χ2v) is 4.91. The van der Waals surface area contributed by atoms with Gasteiger partial charge in [-0.3, -0.25) is 4.79 Å². The molecular weight excluding hydrogens is 243 g/mol. The first-order valence-electron chi connectivity index (χ1n) is 5.77. The summed E-state index contributed by atoms with van der Waals surface area (Å²) in [6.45, 7) is 2.58. The first kappa shape index (κ1) is 12.9. The largest absolute Gasteiger partial charge is 0.326 e. The summed E-state index contributed by atoms with van der Waals surface area (Å²) in [4.78, 5) is 12.8. The molecule has 5 heteroatoms. The third kappa shape index (κ3) is 2.35. The van der Waals surface area contributed by atoms with E-state index in [1.165, 1.54) is 12.1 Å². The number of rotatable bonds is 2. The lowest BCUT2D eigenvalue weighted by Gasteiger charge is -2.38. The predicted octanol–water partition coefficient (Wildman–Crippen LogP) is 3.04. The van der Waals surface area contributed by atoms with Crippen LogP contribution in [0.1, 0.15) is 35.7 Å². The molecule has 2 rings (SSSR count). The summed E-state index contributed by atoms with van der Waals surface area (Å²) in [5, 5.41) is 0. The second-order valence-electron chi connectivity index (χ2n) is 4.91. The maximum absolute atomic E-state index is 13.6. The van der Waals surface area contributed by atoms with Crippen molar-refractivity contribution < 1.29 is 18.0 Å². The number of amides is 1. The lowest BCUT2D eigenvalue weighted by molar-refractivity contribution is -0.113. The Balaban J connectivity index is 2.22. The fourth-order valence-electron chi connectivity index (χ4n) is 1.89. The van der Waals surface area contributed by atoms with Crippen molar-refractivity contribution in [2.24, 2.45) is 0 Å². The van der Waals surface area contributed by atoms with E-state index in [-0.39, 0.29) is 11.5 Å². The van der Waals surface area contributed by atoms with Crippen molar-refractivity contribution >= 4 is 5.91 Å². The van der Waals surface area contributed by atoms with E-state index < -0.39 is 30.7 Å². The van der Waals surface area contributed by atoms with Gasteiger partial charge in [0.05, 0.1) is 18.7 Å². The summed E-state index contributed by atoms with van der Waals surface area (Å²) in [5.41, 5.74) is 0.684. The Kier molecular flexibility index (Phi) is 3.09. The fourth-order valence-corrected chi connectivity index (χ4v) is 1.89. The molecule has 1 heterocycles. The highest BCUT2D eigenvalue weighted by atomic mass is 19.3.